The Morgan fingerprint density at radius 1 is 1.13 bits per heavy atom. The molecule has 1 heterocycles. The highest BCUT2D eigenvalue weighted by Crippen LogP contribution is 2.30. The van der Waals surface area contributed by atoms with E-state index in [1.165, 1.54) is 28.8 Å². The molecular formula is C20H27N3O6S. The van der Waals surface area contributed by atoms with E-state index in [4.69, 9.17) is 9.15 Å². The van der Waals surface area contributed by atoms with E-state index in [1.807, 2.05) is 0 Å². The molecule has 0 saturated carbocycles. The van der Waals surface area contributed by atoms with Gasteiger partial charge in [-0.3, -0.25) is 9.59 Å². The molecule has 2 aromatic rings. The van der Waals surface area contributed by atoms with Gasteiger partial charge in [0.05, 0.1) is 25.0 Å². The second kappa shape index (κ2) is 10.3. The van der Waals surface area contributed by atoms with Gasteiger partial charge in [-0.2, -0.15) is 4.31 Å². The number of hydrogen-bond acceptors (Lipinski definition) is 6. The smallest absolute Gasteiger partial charge is 0.255 e. The van der Waals surface area contributed by atoms with Crippen molar-refractivity contribution in [2.24, 2.45) is 0 Å². The highest BCUT2D eigenvalue weighted by Gasteiger charge is 2.26. The van der Waals surface area contributed by atoms with Crippen molar-refractivity contribution in [3.63, 3.8) is 0 Å². The largest absolute Gasteiger partial charge is 0.492 e. The number of nitrogens with one attached hydrogen (secondary N) is 2. The number of ether oxygens (including phenoxy) is 1. The highest BCUT2D eigenvalue weighted by molar-refractivity contribution is 7.89. The Morgan fingerprint density at radius 3 is 2.40 bits per heavy atom. The summed E-state index contributed by atoms with van der Waals surface area (Å²) in [6, 6.07) is 5.92. The summed E-state index contributed by atoms with van der Waals surface area (Å²) in [7, 11) is -3.80. The van der Waals surface area contributed by atoms with Crippen LogP contribution >= 0.6 is 0 Å². The molecule has 0 radical (unpaired) electrons. The first kappa shape index (κ1) is 23.4. The van der Waals surface area contributed by atoms with E-state index >= 15 is 0 Å². The minimum absolute atomic E-state index is 0.0242. The van der Waals surface area contributed by atoms with Gasteiger partial charge >= 0.3 is 0 Å². The molecule has 0 saturated heterocycles. The van der Waals surface area contributed by atoms with Gasteiger partial charge in [0, 0.05) is 18.8 Å². The Labute approximate surface area is 176 Å². The number of sulfonamides is 1. The van der Waals surface area contributed by atoms with Crippen molar-refractivity contribution < 1.29 is 27.2 Å². The monoisotopic (exact) mass is 437 g/mol. The van der Waals surface area contributed by atoms with E-state index in [0.29, 0.717) is 31.0 Å². The van der Waals surface area contributed by atoms with Gasteiger partial charge in [0.2, 0.25) is 15.9 Å². The van der Waals surface area contributed by atoms with Gasteiger partial charge in [-0.1, -0.05) is 13.8 Å². The normalized spacial score (nSPS) is 11.4. The van der Waals surface area contributed by atoms with Crippen LogP contribution in [0.4, 0.5) is 5.69 Å². The molecule has 0 fully saturated rings. The second-order valence-corrected chi connectivity index (χ2v) is 8.21. The lowest BCUT2D eigenvalue weighted by Crippen LogP contribution is -2.33. The van der Waals surface area contributed by atoms with E-state index in [-0.39, 0.29) is 22.9 Å². The molecule has 1 aromatic carbocycles. The van der Waals surface area contributed by atoms with Crippen LogP contribution in [0.2, 0.25) is 0 Å². The highest BCUT2D eigenvalue weighted by atomic mass is 32.2. The Hall–Kier alpha value is -2.85. The molecule has 0 unspecified atom stereocenters. The van der Waals surface area contributed by atoms with Crippen molar-refractivity contribution in [3.05, 3.63) is 41.9 Å². The Balaban J connectivity index is 2.17. The number of nitrogens with zero attached hydrogens (tertiary/aromatic N) is 1. The Kier molecular flexibility index (Phi) is 8.01. The maximum absolute atomic E-state index is 13.0. The van der Waals surface area contributed by atoms with E-state index in [0.717, 1.165) is 0 Å². The minimum Gasteiger partial charge on any atom is -0.492 e. The predicted molar refractivity (Wildman–Crippen MR) is 112 cm³/mol. The standard InChI is InChI=1S/C20H27N3O6S/c1-5-23(6-2)30(26,27)18-12-15(8-9-17(18)28-7-3)22-19(24)13-21-20(25)16-10-11-29-14(16)4/h8-12H,5-7,13H2,1-4H3,(H,21,25)(H,22,24). The van der Waals surface area contributed by atoms with Gasteiger partial charge in [0.15, 0.2) is 0 Å². The van der Waals surface area contributed by atoms with Crippen LogP contribution in [-0.4, -0.2) is 50.8 Å². The number of carbonyl (C=O) groups is 2. The maximum Gasteiger partial charge on any atom is 0.255 e. The summed E-state index contributed by atoms with van der Waals surface area (Å²) in [5.74, 6) is -0.274. The number of aryl methyl sites for hydroxylation is 1. The zero-order valence-electron chi connectivity index (χ0n) is 17.5. The molecule has 0 spiro atoms. The quantitative estimate of drug-likeness (QED) is 0.589. The fraction of sp³-hybridized carbons (Fsp3) is 0.400. The fourth-order valence-electron chi connectivity index (χ4n) is 2.85. The van der Waals surface area contributed by atoms with Crippen LogP contribution in [0.5, 0.6) is 5.75 Å². The van der Waals surface area contributed by atoms with Crippen molar-refractivity contribution in [1.82, 2.24) is 9.62 Å². The second-order valence-electron chi connectivity index (χ2n) is 6.31. The van der Waals surface area contributed by atoms with E-state index in [2.05, 4.69) is 10.6 Å². The fourth-order valence-corrected chi connectivity index (χ4v) is 4.46. The van der Waals surface area contributed by atoms with Crippen molar-refractivity contribution in [2.45, 2.75) is 32.6 Å². The van der Waals surface area contributed by atoms with Crippen LogP contribution in [-0.2, 0) is 14.8 Å². The number of anilines is 1. The summed E-state index contributed by atoms with van der Waals surface area (Å²) >= 11 is 0. The van der Waals surface area contributed by atoms with E-state index in [9.17, 15) is 18.0 Å². The van der Waals surface area contributed by atoms with Gasteiger partial charge in [-0.05, 0) is 38.1 Å². The van der Waals surface area contributed by atoms with E-state index in [1.54, 1.807) is 33.8 Å². The topological polar surface area (TPSA) is 118 Å². The number of carbonyl (C=O) groups excluding carboxylic acids is 2. The average Bonchev–Trinajstić information content (AvgIpc) is 3.14. The molecule has 0 bridgehead atoms. The predicted octanol–water partition coefficient (Wildman–Crippen LogP) is 2.39. The van der Waals surface area contributed by atoms with E-state index < -0.39 is 21.8 Å². The maximum atomic E-state index is 13.0. The number of furan rings is 1. The summed E-state index contributed by atoms with van der Waals surface area (Å²) in [6.45, 7) is 7.52. The third kappa shape index (κ3) is 5.39. The van der Waals surface area contributed by atoms with Crippen molar-refractivity contribution >= 4 is 27.5 Å². The van der Waals surface area contributed by atoms with Gasteiger partial charge < -0.3 is 19.8 Å². The lowest BCUT2D eigenvalue weighted by molar-refractivity contribution is -0.115. The summed E-state index contributed by atoms with van der Waals surface area (Å²) < 4.78 is 37.8. The number of benzene rings is 1. The average molecular weight is 438 g/mol. The first-order valence-electron chi connectivity index (χ1n) is 9.63. The van der Waals surface area contributed by atoms with Crippen LogP contribution in [0.1, 0.15) is 36.9 Å². The molecule has 2 rings (SSSR count). The molecule has 0 aliphatic rings. The van der Waals surface area contributed by atoms with Crippen LogP contribution < -0.4 is 15.4 Å². The van der Waals surface area contributed by atoms with Gasteiger partial charge in [0.1, 0.15) is 16.4 Å². The van der Waals surface area contributed by atoms with Crippen molar-refractivity contribution in [3.8, 4) is 5.75 Å². The van der Waals surface area contributed by atoms with Gasteiger partial charge in [0.25, 0.3) is 5.91 Å². The molecule has 0 aliphatic carbocycles. The first-order valence-corrected chi connectivity index (χ1v) is 11.1. The third-order valence-corrected chi connectivity index (χ3v) is 6.43. The van der Waals surface area contributed by atoms with Crippen LogP contribution in [0.25, 0.3) is 0 Å². The lowest BCUT2D eigenvalue weighted by Gasteiger charge is -2.21. The zero-order valence-corrected chi connectivity index (χ0v) is 18.3. The molecule has 9 nitrogen and oxygen atoms in total. The van der Waals surface area contributed by atoms with Gasteiger partial charge in [-0.25, -0.2) is 8.42 Å². The van der Waals surface area contributed by atoms with Crippen LogP contribution in [0.15, 0.2) is 39.8 Å². The third-order valence-electron chi connectivity index (χ3n) is 4.36. The zero-order chi connectivity index (χ0) is 22.3. The Bertz CT molecular complexity index is 996. The molecule has 0 aliphatic heterocycles. The lowest BCUT2D eigenvalue weighted by atomic mass is 10.2. The molecular weight excluding hydrogens is 410 g/mol. The van der Waals surface area contributed by atoms with Crippen molar-refractivity contribution in [1.29, 1.82) is 0 Å². The molecule has 10 heteroatoms. The number of hydrogen-bond donors (Lipinski definition) is 2. The summed E-state index contributed by atoms with van der Waals surface area (Å²) in [5.41, 5.74) is 0.624. The summed E-state index contributed by atoms with van der Waals surface area (Å²) in [5, 5.41) is 5.10. The molecule has 2 N–H and O–H groups in total. The number of amides is 2. The van der Waals surface area contributed by atoms with Gasteiger partial charge in [-0.15, -0.1) is 0 Å². The molecule has 2 amide bonds. The molecule has 30 heavy (non-hydrogen) atoms. The molecule has 164 valence electrons. The van der Waals surface area contributed by atoms with Crippen molar-refractivity contribution in [2.75, 3.05) is 31.6 Å². The molecule has 1 aromatic heterocycles. The minimum atomic E-state index is -3.80. The van der Waals surface area contributed by atoms with Crippen LogP contribution in [0.3, 0.4) is 0 Å². The summed E-state index contributed by atoms with van der Waals surface area (Å²) in [4.78, 5) is 24.3. The van der Waals surface area contributed by atoms with Crippen LogP contribution in [0, 0.1) is 6.92 Å². The first-order chi connectivity index (χ1) is 14.2. The summed E-state index contributed by atoms with van der Waals surface area (Å²) in [6.07, 6.45) is 1.39. The number of rotatable bonds is 10. The Morgan fingerprint density at radius 2 is 1.83 bits per heavy atom. The SMILES string of the molecule is CCOc1ccc(NC(=O)CNC(=O)c2ccoc2C)cc1S(=O)(=O)N(CC)CC. The molecule has 0 atom stereocenters.